The van der Waals surface area contributed by atoms with Gasteiger partial charge in [0.1, 0.15) is 10.7 Å². The SMILES string of the molecule is CCCCC(=O)N(Cc1ccc(-c2cc(-c3ccccc3)ccc2C#N)cc1)C1(S(=O)O)CCC(=O)CC1. The van der Waals surface area contributed by atoms with E-state index in [9.17, 15) is 23.6 Å². The lowest BCUT2D eigenvalue weighted by Gasteiger charge is -2.43. The molecule has 1 fully saturated rings. The number of Topliss-reactive ketones (excluding diaryl/α,β-unsaturated/α-hetero) is 1. The third-order valence-electron chi connectivity index (χ3n) is 7.30. The van der Waals surface area contributed by atoms with E-state index < -0.39 is 16.0 Å². The van der Waals surface area contributed by atoms with Crippen molar-refractivity contribution in [2.24, 2.45) is 0 Å². The molecule has 0 radical (unpaired) electrons. The molecular weight excluding hydrogens is 496 g/mol. The van der Waals surface area contributed by atoms with Gasteiger partial charge < -0.3 is 9.45 Å². The average Bonchev–Trinajstić information content (AvgIpc) is 2.95. The van der Waals surface area contributed by atoms with E-state index in [0.717, 1.165) is 34.2 Å². The Morgan fingerprint density at radius 3 is 2.26 bits per heavy atom. The van der Waals surface area contributed by atoms with Crippen LogP contribution in [0.25, 0.3) is 22.3 Å². The van der Waals surface area contributed by atoms with Crippen LogP contribution in [0.3, 0.4) is 0 Å². The highest BCUT2D eigenvalue weighted by atomic mass is 32.2. The Balaban J connectivity index is 1.65. The summed E-state index contributed by atoms with van der Waals surface area (Å²) < 4.78 is 23.0. The van der Waals surface area contributed by atoms with Crippen molar-refractivity contribution < 1.29 is 18.4 Å². The van der Waals surface area contributed by atoms with Crippen LogP contribution in [0, 0.1) is 11.3 Å². The van der Waals surface area contributed by atoms with Crippen molar-refractivity contribution in [1.82, 2.24) is 4.90 Å². The van der Waals surface area contributed by atoms with Crippen LogP contribution < -0.4 is 0 Å². The zero-order valence-corrected chi connectivity index (χ0v) is 22.4. The molecule has 0 aromatic heterocycles. The maximum atomic E-state index is 13.3. The zero-order chi connectivity index (χ0) is 27.1. The Labute approximate surface area is 226 Å². The third-order valence-corrected chi connectivity index (χ3v) is 8.58. The van der Waals surface area contributed by atoms with Gasteiger partial charge in [0, 0.05) is 31.4 Å². The number of rotatable bonds is 9. The molecule has 4 rings (SSSR count). The van der Waals surface area contributed by atoms with Gasteiger partial charge in [-0.25, -0.2) is 4.21 Å². The summed E-state index contributed by atoms with van der Waals surface area (Å²) in [6.07, 6.45) is 2.57. The van der Waals surface area contributed by atoms with Crippen LogP contribution in [0.1, 0.15) is 63.0 Å². The molecule has 6 nitrogen and oxygen atoms in total. The molecule has 0 aliphatic heterocycles. The van der Waals surface area contributed by atoms with Crippen molar-refractivity contribution in [2.45, 2.75) is 63.3 Å². The van der Waals surface area contributed by atoms with E-state index in [1.807, 2.05) is 79.7 Å². The van der Waals surface area contributed by atoms with Crippen LogP contribution in [0.2, 0.25) is 0 Å². The molecule has 3 aromatic carbocycles. The van der Waals surface area contributed by atoms with Crippen LogP contribution in [0.5, 0.6) is 0 Å². The highest BCUT2D eigenvalue weighted by Gasteiger charge is 2.47. The fourth-order valence-electron chi connectivity index (χ4n) is 5.04. The van der Waals surface area contributed by atoms with E-state index in [1.54, 1.807) is 0 Å². The first-order valence-corrected chi connectivity index (χ1v) is 14.1. The molecular formula is C31H32N2O4S. The lowest BCUT2D eigenvalue weighted by molar-refractivity contribution is -0.138. The summed E-state index contributed by atoms with van der Waals surface area (Å²) in [7, 11) is 0. The van der Waals surface area contributed by atoms with E-state index in [0.29, 0.717) is 18.4 Å². The minimum absolute atomic E-state index is 0.0578. The minimum atomic E-state index is -2.30. The summed E-state index contributed by atoms with van der Waals surface area (Å²) in [5.74, 6) is -0.114. The van der Waals surface area contributed by atoms with Crippen molar-refractivity contribution in [3.8, 4) is 28.3 Å². The molecule has 1 aliphatic rings. The van der Waals surface area contributed by atoms with Crippen LogP contribution >= 0.6 is 0 Å². The van der Waals surface area contributed by atoms with E-state index in [2.05, 4.69) is 6.07 Å². The molecule has 0 spiro atoms. The van der Waals surface area contributed by atoms with Gasteiger partial charge in [0.2, 0.25) is 5.91 Å². The molecule has 38 heavy (non-hydrogen) atoms. The molecule has 196 valence electrons. The predicted molar refractivity (Wildman–Crippen MR) is 149 cm³/mol. The molecule has 3 aromatic rings. The average molecular weight is 529 g/mol. The van der Waals surface area contributed by atoms with Gasteiger partial charge in [-0.05, 0) is 53.6 Å². The number of hydrogen-bond donors (Lipinski definition) is 1. The summed E-state index contributed by atoms with van der Waals surface area (Å²) >= 11 is -2.30. The smallest absolute Gasteiger partial charge is 0.224 e. The molecule has 1 aliphatic carbocycles. The van der Waals surface area contributed by atoms with Gasteiger partial charge in [0.15, 0.2) is 11.1 Å². The number of unbranched alkanes of at least 4 members (excludes halogenated alkanes) is 1. The molecule has 7 heteroatoms. The van der Waals surface area contributed by atoms with Crippen LogP contribution in [-0.2, 0) is 27.2 Å². The summed E-state index contributed by atoms with van der Waals surface area (Å²) in [5.41, 5.74) is 5.14. The van der Waals surface area contributed by atoms with Crippen LogP contribution in [-0.4, -0.2) is 30.2 Å². The second-order valence-electron chi connectivity index (χ2n) is 9.75. The Kier molecular flexibility index (Phi) is 8.88. The number of nitriles is 1. The van der Waals surface area contributed by atoms with Crippen molar-refractivity contribution in [3.63, 3.8) is 0 Å². The summed E-state index contributed by atoms with van der Waals surface area (Å²) in [5, 5.41) is 9.72. The van der Waals surface area contributed by atoms with Crippen molar-refractivity contribution in [2.75, 3.05) is 0 Å². The van der Waals surface area contributed by atoms with E-state index in [1.165, 1.54) is 4.90 Å². The number of benzene rings is 3. The van der Waals surface area contributed by atoms with Crippen LogP contribution in [0.15, 0.2) is 72.8 Å². The zero-order valence-electron chi connectivity index (χ0n) is 21.6. The van der Waals surface area contributed by atoms with Gasteiger partial charge >= 0.3 is 0 Å². The minimum Gasteiger partial charge on any atom is -0.319 e. The Hall–Kier alpha value is -3.60. The Bertz CT molecular complexity index is 1350. The summed E-state index contributed by atoms with van der Waals surface area (Å²) in [6.45, 7) is 2.18. The van der Waals surface area contributed by atoms with E-state index in [-0.39, 0.29) is 43.9 Å². The first kappa shape index (κ1) is 27.4. The largest absolute Gasteiger partial charge is 0.319 e. The maximum Gasteiger partial charge on any atom is 0.224 e. The molecule has 1 unspecified atom stereocenters. The van der Waals surface area contributed by atoms with Gasteiger partial charge in [-0.1, -0.05) is 74.0 Å². The van der Waals surface area contributed by atoms with Crippen molar-refractivity contribution >= 4 is 22.8 Å². The fraction of sp³-hybridized carbons (Fsp3) is 0.323. The molecule has 0 bridgehead atoms. The van der Waals surface area contributed by atoms with Gasteiger partial charge in [-0.2, -0.15) is 5.26 Å². The summed E-state index contributed by atoms with van der Waals surface area (Å²) in [6, 6.07) is 25.6. The monoisotopic (exact) mass is 528 g/mol. The Morgan fingerprint density at radius 2 is 1.66 bits per heavy atom. The predicted octanol–water partition coefficient (Wildman–Crippen LogP) is 6.47. The van der Waals surface area contributed by atoms with Gasteiger partial charge in [-0.15, -0.1) is 0 Å². The molecule has 0 saturated heterocycles. The van der Waals surface area contributed by atoms with Gasteiger partial charge in [0.05, 0.1) is 11.6 Å². The normalized spacial score (nSPS) is 15.4. The Morgan fingerprint density at radius 1 is 1.00 bits per heavy atom. The van der Waals surface area contributed by atoms with Gasteiger partial charge in [0.25, 0.3) is 0 Å². The molecule has 1 atom stereocenters. The number of ketones is 1. The third kappa shape index (κ3) is 5.93. The topological polar surface area (TPSA) is 98.5 Å². The van der Waals surface area contributed by atoms with Gasteiger partial charge in [-0.3, -0.25) is 9.59 Å². The first-order chi connectivity index (χ1) is 18.4. The molecule has 1 N–H and O–H groups in total. The van der Waals surface area contributed by atoms with E-state index >= 15 is 0 Å². The molecule has 1 saturated carbocycles. The highest BCUT2D eigenvalue weighted by Crippen LogP contribution is 2.37. The maximum absolute atomic E-state index is 13.3. The molecule has 0 heterocycles. The lowest BCUT2D eigenvalue weighted by Crippen LogP contribution is -2.56. The van der Waals surface area contributed by atoms with Crippen LogP contribution in [0.4, 0.5) is 0 Å². The number of amides is 1. The number of hydrogen-bond acceptors (Lipinski definition) is 4. The summed E-state index contributed by atoms with van der Waals surface area (Å²) in [4.78, 5) is 25.5. The quantitative estimate of drug-likeness (QED) is 0.321. The standard InChI is InChI=1S/C31H32N2O4S/c1-2-3-9-30(35)33(31(38(36)37)18-16-28(34)17-19-31)22-23-10-12-25(13-11-23)29-20-26(14-15-27(29)21-32)24-7-5-4-6-8-24/h4-8,10-15,20H,2-3,9,16-19,22H2,1H3,(H,36,37). The molecule has 1 amide bonds. The second kappa shape index (κ2) is 12.3. The fourth-order valence-corrected chi connectivity index (χ4v) is 5.95. The van der Waals surface area contributed by atoms with Crippen molar-refractivity contribution in [3.05, 3.63) is 83.9 Å². The lowest BCUT2D eigenvalue weighted by atomic mass is 9.91. The second-order valence-corrected chi connectivity index (χ2v) is 11.0. The van der Waals surface area contributed by atoms with Crippen molar-refractivity contribution in [1.29, 1.82) is 5.26 Å². The number of carbonyl (C=O) groups excluding carboxylic acids is 2. The highest BCUT2D eigenvalue weighted by molar-refractivity contribution is 7.80. The number of nitrogens with zero attached hydrogens (tertiary/aromatic N) is 2. The first-order valence-electron chi connectivity index (χ1n) is 13.0. The van der Waals surface area contributed by atoms with E-state index in [4.69, 9.17) is 0 Å². The number of carbonyl (C=O) groups is 2.